The fraction of sp³-hybridized carbons (Fsp3) is 0.0909. The normalized spacial score (nSPS) is 10.1. The van der Waals surface area contributed by atoms with E-state index >= 15 is 0 Å². The van der Waals surface area contributed by atoms with Crippen LogP contribution in [0.2, 0.25) is 5.28 Å². The lowest BCUT2D eigenvalue weighted by atomic mass is 10.2. The molecular formula is C11H11ClN4. The molecule has 0 radical (unpaired) electrons. The molecule has 0 spiro atoms. The Kier molecular flexibility index (Phi) is 2.92. The standard InChI is InChI=1S/C11H11ClN4/c1-7-6-14-11(12)16-10(7)15-9-5-3-2-4-8(9)13/h2-6H,13H2,1H3,(H,14,15,16). The molecule has 0 saturated carbocycles. The predicted molar refractivity (Wildman–Crippen MR) is 65.9 cm³/mol. The third kappa shape index (κ3) is 2.23. The molecule has 2 rings (SSSR count). The maximum absolute atomic E-state index is 5.82. The first-order valence-corrected chi connectivity index (χ1v) is 5.15. The lowest BCUT2D eigenvalue weighted by Gasteiger charge is -2.10. The SMILES string of the molecule is Cc1cnc(Cl)nc1Nc1ccccc1N. The Labute approximate surface area is 98.5 Å². The van der Waals surface area contributed by atoms with E-state index in [-0.39, 0.29) is 5.28 Å². The predicted octanol–water partition coefficient (Wildman–Crippen LogP) is 2.76. The molecule has 1 aromatic heterocycles. The van der Waals surface area contributed by atoms with Crippen molar-refractivity contribution in [3.63, 3.8) is 0 Å². The van der Waals surface area contributed by atoms with Crippen LogP contribution in [0.1, 0.15) is 5.56 Å². The third-order valence-electron chi connectivity index (χ3n) is 2.16. The highest BCUT2D eigenvalue weighted by Crippen LogP contribution is 2.23. The molecule has 0 atom stereocenters. The molecule has 0 fully saturated rings. The average Bonchev–Trinajstić information content (AvgIpc) is 2.27. The van der Waals surface area contributed by atoms with Crippen LogP contribution in [-0.2, 0) is 0 Å². The molecule has 0 aliphatic carbocycles. The number of hydrogen-bond acceptors (Lipinski definition) is 4. The van der Waals surface area contributed by atoms with Gasteiger partial charge in [0.05, 0.1) is 11.4 Å². The van der Waals surface area contributed by atoms with Gasteiger partial charge in [0, 0.05) is 11.8 Å². The van der Waals surface area contributed by atoms with E-state index in [4.69, 9.17) is 17.3 Å². The Morgan fingerprint density at radius 1 is 1.31 bits per heavy atom. The van der Waals surface area contributed by atoms with Gasteiger partial charge in [-0.05, 0) is 30.7 Å². The van der Waals surface area contributed by atoms with Gasteiger partial charge in [-0.3, -0.25) is 0 Å². The maximum atomic E-state index is 5.82. The lowest BCUT2D eigenvalue weighted by molar-refractivity contribution is 1.13. The summed E-state index contributed by atoms with van der Waals surface area (Å²) in [7, 11) is 0. The zero-order chi connectivity index (χ0) is 11.5. The Bertz CT molecular complexity index is 513. The van der Waals surface area contributed by atoms with Gasteiger partial charge in [-0.2, -0.15) is 0 Å². The fourth-order valence-electron chi connectivity index (χ4n) is 1.29. The molecule has 0 aliphatic heterocycles. The topological polar surface area (TPSA) is 63.8 Å². The second-order valence-corrected chi connectivity index (χ2v) is 3.72. The van der Waals surface area contributed by atoms with Crippen LogP contribution < -0.4 is 11.1 Å². The van der Waals surface area contributed by atoms with Crippen molar-refractivity contribution in [2.75, 3.05) is 11.1 Å². The molecule has 0 aliphatic rings. The van der Waals surface area contributed by atoms with E-state index in [1.807, 2.05) is 31.2 Å². The average molecular weight is 235 g/mol. The number of halogens is 1. The summed E-state index contributed by atoms with van der Waals surface area (Å²) in [6.07, 6.45) is 1.66. The minimum Gasteiger partial charge on any atom is -0.397 e. The number of rotatable bonds is 2. The highest BCUT2D eigenvalue weighted by Gasteiger charge is 2.04. The molecular weight excluding hydrogens is 224 g/mol. The highest BCUT2D eigenvalue weighted by atomic mass is 35.5. The smallest absolute Gasteiger partial charge is 0.224 e. The zero-order valence-corrected chi connectivity index (χ0v) is 9.49. The number of nitrogens with one attached hydrogen (secondary N) is 1. The van der Waals surface area contributed by atoms with Gasteiger partial charge in [0.25, 0.3) is 0 Å². The van der Waals surface area contributed by atoms with E-state index in [2.05, 4.69) is 15.3 Å². The first-order chi connectivity index (χ1) is 7.66. The van der Waals surface area contributed by atoms with E-state index in [0.717, 1.165) is 11.3 Å². The molecule has 16 heavy (non-hydrogen) atoms. The molecule has 0 saturated heterocycles. The van der Waals surface area contributed by atoms with Gasteiger partial charge in [0.15, 0.2) is 0 Å². The molecule has 3 N–H and O–H groups in total. The van der Waals surface area contributed by atoms with Crippen molar-refractivity contribution in [3.8, 4) is 0 Å². The van der Waals surface area contributed by atoms with E-state index in [1.54, 1.807) is 6.20 Å². The minimum absolute atomic E-state index is 0.211. The number of hydrogen-bond donors (Lipinski definition) is 2. The number of anilines is 3. The van der Waals surface area contributed by atoms with Gasteiger partial charge in [0.1, 0.15) is 5.82 Å². The van der Waals surface area contributed by atoms with E-state index in [1.165, 1.54) is 0 Å². The number of nitrogens with zero attached hydrogens (tertiary/aromatic N) is 2. The van der Waals surface area contributed by atoms with Crippen molar-refractivity contribution < 1.29 is 0 Å². The van der Waals surface area contributed by atoms with E-state index in [9.17, 15) is 0 Å². The summed E-state index contributed by atoms with van der Waals surface area (Å²) < 4.78 is 0. The number of aryl methyl sites for hydroxylation is 1. The Balaban J connectivity index is 2.34. The van der Waals surface area contributed by atoms with Gasteiger partial charge in [-0.25, -0.2) is 9.97 Å². The first kappa shape index (κ1) is 10.7. The summed E-state index contributed by atoms with van der Waals surface area (Å²) in [6, 6.07) is 7.47. The molecule has 0 amide bonds. The summed E-state index contributed by atoms with van der Waals surface area (Å²) in [5, 5.41) is 3.33. The second kappa shape index (κ2) is 4.37. The van der Waals surface area contributed by atoms with Crippen molar-refractivity contribution in [2.45, 2.75) is 6.92 Å². The minimum atomic E-state index is 0.211. The second-order valence-electron chi connectivity index (χ2n) is 3.38. The number of benzene rings is 1. The van der Waals surface area contributed by atoms with Crippen LogP contribution in [0.4, 0.5) is 17.2 Å². The largest absolute Gasteiger partial charge is 0.397 e. The summed E-state index contributed by atoms with van der Waals surface area (Å²) >= 11 is 5.73. The summed E-state index contributed by atoms with van der Waals surface area (Å²) in [5.74, 6) is 0.665. The van der Waals surface area contributed by atoms with Crippen LogP contribution >= 0.6 is 11.6 Å². The van der Waals surface area contributed by atoms with Crippen LogP contribution in [-0.4, -0.2) is 9.97 Å². The monoisotopic (exact) mass is 234 g/mol. The summed E-state index contributed by atoms with van der Waals surface area (Å²) in [4.78, 5) is 7.98. The van der Waals surface area contributed by atoms with Crippen LogP contribution in [0.5, 0.6) is 0 Å². The number of nitrogen functional groups attached to an aromatic ring is 1. The van der Waals surface area contributed by atoms with Crippen molar-refractivity contribution in [3.05, 3.63) is 41.3 Å². The van der Waals surface area contributed by atoms with Crippen molar-refractivity contribution in [1.82, 2.24) is 9.97 Å². The van der Waals surface area contributed by atoms with Gasteiger partial charge in [-0.1, -0.05) is 12.1 Å². The Morgan fingerprint density at radius 2 is 2.06 bits per heavy atom. The Morgan fingerprint density at radius 3 is 2.81 bits per heavy atom. The van der Waals surface area contributed by atoms with Gasteiger partial charge >= 0.3 is 0 Å². The lowest BCUT2D eigenvalue weighted by Crippen LogP contribution is -2.00. The third-order valence-corrected chi connectivity index (χ3v) is 2.34. The van der Waals surface area contributed by atoms with Crippen LogP contribution in [0.25, 0.3) is 0 Å². The molecule has 5 heteroatoms. The van der Waals surface area contributed by atoms with E-state index in [0.29, 0.717) is 11.5 Å². The summed E-state index contributed by atoms with van der Waals surface area (Å²) in [5.41, 5.74) is 8.20. The Hall–Kier alpha value is -1.81. The van der Waals surface area contributed by atoms with Crippen molar-refractivity contribution >= 4 is 28.8 Å². The molecule has 1 heterocycles. The summed E-state index contributed by atoms with van der Waals surface area (Å²) in [6.45, 7) is 1.90. The molecule has 82 valence electrons. The number of aromatic nitrogens is 2. The van der Waals surface area contributed by atoms with Crippen molar-refractivity contribution in [2.24, 2.45) is 0 Å². The number of nitrogens with two attached hydrogens (primary N) is 1. The zero-order valence-electron chi connectivity index (χ0n) is 8.74. The maximum Gasteiger partial charge on any atom is 0.224 e. The molecule has 2 aromatic rings. The van der Waals surface area contributed by atoms with Crippen molar-refractivity contribution in [1.29, 1.82) is 0 Å². The first-order valence-electron chi connectivity index (χ1n) is 4.77. The van der Waals surface area contributed by atoms with Crippen LogP contribution in [0.15, 0.2) is 30.5 Å². The van der Waals surface area contributed by atoms with Crippen LogP contribution in [0.3, 0.4) is 0 Å². The molecule has 0 bridgehead atoms. The fourth-order valence-corrected chi connectivity index (χ4v) is 1.42. The highest BCUT2D eigenvalue weighted by molar-refractivity contribution is 6.28. The van der Waals surface area contributed by atoms with Gasteiger partial charge in [-0.15, -0.1) is 0 Å². The van der Waals surface area contributed by atoms with E-state index < -0.39 is 0 Å². The van der Waals surface area contributed by atoms with Crippen LogP contribution in [0, 0.1) is 6.92 Å². The molecule has 4 nitrogen and oxygen atoms in total. The quantitative estimate of drug-likeness (QED) is 0.620. The van der Waals surface area contributed by atoms with Gasteiger partial charge < -0.3 is 11.1 Å². The molecule has 1 aromatic carbocycles. The molecule has 0 unspecified atom stereocenters. The number of para-hydroxylation sites is 2. The van der Waals surface area contributed by atoms with Gasteiger partial charge in [0.2, 0.25) is 5.28 Å².